The summed E-state index contributed by atoms with van der Waals surface area (Å²) in [5, 5.41) is 9.58. The van der Waals surface area contributed by atoms with Crippen molar-refractivity contribution in [3.05, 3.63) is 47.6 Å². The molecule has 10 heteroatoms. The number of carbonyl (C=O) groups excluding carboxylic acids is 3. The third kappa shape index (κ3) is 4.58. The van der Waals surface area contributed by atoms with Crippen LogP contribution in [0.15, 0.2) is 34.9 Å². The fraction of sp³-hybridized carbons (Fsp3) is 0.458. The number of piperidine rings is 1. The first-order valence-electron chi connectivity index (χ1n) is 11.6. The molecule has 1 aliphatic heterocycles. The van der Waals surface area contributed by atoms with Crippen LogP contribution in [0, 0.1) is 6.92 Å². The lowest BCUT2D eigenvalue weighted by Gasteiger charge is -2.47. The van der Waals surface area contributed by atoms with Crippen LogP contribution in [-0.2, 0) is 9.59 Å². The number of nitrogens with zero attached hydrogens (tertiary/aromatic N) is 3. The van der Waals surface area contributed by atoms with Crippen molar-refractivity contribution < 1.29 is 18.9 Å². The third-order valence-corrected chi connectivity index (χ3v) is 6.39. The average molecular weight is 467 g/mol. The second kappa shape index (κ2) is 9.76. The summed E-state index contributed by atoms with van der Waals surface area (Å²) in [6, 6.07) is 8.59. The van der Waals surface area contributed by atoms with E-state index < -0.39 is 23.5 Å². The Hall–Kier alpha value is -3.53. The number of aromatic amines is 1. The molecule has 4 rings (SSSR count). The monoisotopic (exact) mass is 466 g/mol. The molecule has 180 valence electrons. The summed E-state index contributed by atoms with van der Waals surface area (Å²) in [6.45, 7) is 6.06. The van der Waals surface area contributed by atoms with Crippen molar-refractivity contribution in [1.82, 2.24) is 30.7 Å². The molecular weight excluding hydrogens is 436 g/mol. The van der Waals surface area contributed by atoms with Gasteiger partial charge in [-0.05, 0) is 45.7 Å². The number of hydrogen-bond donors (Lipinski definition) is 3. The fourth-order valence-electron chi connectivity index (χ4n) is 4.59. The van der Waals surface area contributed by atoms with E-state index in [1.165, 1.54) is 6.07 Å². The molecule has 0 aliphatic carbocycles. The molecule has 0 bridgehead atoms. The number of fused-ring (bicyclic) bond motifs is 1. The van der Waals surface area contributed by atoms with E-state index in [0.29, 0.717) is 24.4 Å². The SMILES string of the molecule is Cc1cc(C(=O)NC(CC=O)(C(=O)N[C@@H](C)c2nc3ccccc3[nH]2)N2CCCCC2C)no1. The fourth-order valence-corrected chi connectivity index (χ4v) is 4.59. The molecule has 0 spiro atoms. The summed E-state index contributed by atoms with van der Waals surface area (Å²) in [4.78, 5) is 48.5. The number of benzene rings is 1. The molecular formula is C24H30N6O4. The first kappa shape index (κ1) is 23.6. The van der Waals surface area contributed by atoms with E-state index >= 15 is 0 Å². The molecule has 3 heterocycles. The number of rotatable bonds is 8. The Morgan fingerprint density at radius 3 is 2.82 bits per heavy atom. The van der Waals surface area contributed by atoms with E-state index in [9.17, 15) is 14.4 Å². The van der Waals surface area contributed by atoms with Crippen molar-refractivity contribution in [2.75, 3.05) is 6.54 Å². The van der Waals surface area contributed by atoms with Crippen LogP contribution in [0.4, 0.5) is 0 Å². The minimum Gasteiger partial charge on any atom is -0.361 e. The van der Waals surface area contributed by atoms with E-state index in [2.05, 4.69) is 25.8 Å². The first-order valence-corrected chi connectivity index (χ1v) is 11.6. The lowest BCUT2D eigenvalue weighted by Crippen LogP contribution is -2.71. The zero-order valence-electron chi connectivity index (χ0n) is 19.6. The topological polar surface area (TPSA) is 133 Å². The highest BCUT2D eigenvalue weighted by Gasteiger charge is 2.48. The lowest BCUT2D eigenvalue weighted by atomic mass is 9.94. The zero-order valence-corrected chi connectivity index (χ0v) is 19.6. The van der Waals surface area contributed by atoms with Gasteiger partial charge in [0, 0.05) is 25.1 Å². The van der Waals surface area contributed by atoms with Crippen molar-refractivity contribution in [2.24, 2.45) is 0 Å². The van der Waals surface area contributed by atoms with Crippen molar-refractivity contribution >= 4 is 29.1 Å². The summed E-state index contributed by atoms with van der Waals surface area (Å²) in [6.07, 6.45) is 3.18. The number of aldehydes is 1. The summed E-state index contributed by atoms with van der Waals surface area (Å²) >= 11 is 0. The number of hydrogen-bond acceptors (Lipinski definition) is 7. The molecule has 0 radical (unpaired) electrons. The van der Waals surface area contributed by atoms with Crippen LogP contribution in [-0.4, -0.2) is 56.4 Å². The van der Waals surface area contributed by atoms with E-state index in [-0.39, 0.29) is 18.2 Å². The van der Waals surface area contributed by atoms with Gasteiger partial charge >= 0.3 is 0 Å². The largest absolute Gasteiger partial charge is 0.361 e. The first-order chi connectivity index (χ1) is 16.3. The van der Waals surface area contributed by atoms with Gasteiger partial charge in [-0.15, -0.1) is 0 Å². The standard InChI is InChI=1S/C24H30N6O4/c1-15-8-6-7-12-30(15)24(11-13-31,28-22(32)20-14-16(2)34-29-20)23(33)25-17(3)21-26-18-9-4-5-10-19(18)27-21/h4-5,9-10,13-15,17H,6-8,11-12H2,1-3H3,(H,25,33)(H,26,27)(H,28,32)/t15?,17-,24?/m0/s1. The van der Waals surface area contributed by atoms with Gasteiger partial charge in [-0.1, -0.05) is 23.7 Å². The van der Waals surface area contributed by atoms with Gasteiger partial charge in [-0.25, -0.2) is 4.98 Å². The number of carbonyl (C=O) groups is 3. The van der Waals surface area contributed by atoms with E-state index in [4.69, 9.17) is 4.52 Å². The second-order valence-corrected chi connectivity index (χ2v) is 8.88. The quantitative estimate of drug-likeness (QED) is 0.435. The van der Waals surface area contributed by atoms with Crippen molar-refractivity contribution in [2.45, 2.75) is 64.2 Å². The number of aromatic nitrogens is 3. The van der Waals surface area contributed by atoms with Gasteiger partial charge in [0.2, 0.25) is 0 Å². The van der Waals surface area contributed by atoms with Crippen molar-refractivity contribution in [1.29, 1.82) is 0 Å². The van der Waals surface area contributed by atoms with Crippen LogP contribution < -0.4 is 10.6 Å². The molecule has 1 aliphatic rings. The van der Waals surface area contributed by atoms with Gasteiger partial charge in [-0.2, -0.15) is 0 Å². The summed E-state index contributed by atoms with van der Waals surface area (Å²) in [5.41, 5.74) is 0.121. The van der Waals surface area contributed by atoms with Gasteiger partial charge in [0.05, 0.1) is 17.1 Å². The Morgan fingerprint density at radius 2 is 2.15 bits per heavy atom. The Morgan fingerprint density at radius 1 is 1.35 bits per heavy atom. The van der Waals surface area contributed by atoms with Gasteiger partial charge in [0.25, 0.3) is 11.8 Å². The molecule has 34 heavy (non-hydrogen) atoms. The van der Waals surface area contributed by atoms with Gasteiger partial charge in [0.1, 0.15) is 17.9 Å². The number of likely N-dealkylation sites (tertiary alicyclic amines) is 1. The maximum Gasteiger partial charge on any atom is 0.275 e. The van der Waals surface area contributed by atoms with Gasteiger partial charge in [0.15, 0.2) is 11.4 Å². The summed E-state index contributed by atoms with van der Waals surface area (Å²) in [5.74, 6) is -0.00183. The zero-order chi connectivity index (χ0) is 24.3. The third-order valence-electron chi connectivity index (χ3n) is 6.39. The number of nitrogens with one attached hydrogen (secondary N) is 3. The Balaban J connectivity index is 1.66. The van der Waals surface area contributed by atoms with Crippen molar-refractivity contribution in [3.63, 3.8) is 0 Å². The van der Waals surface area contributed by atoms with Crippen LogP contribution in [0.3, 0.4) is 0 Å². The highest BCUT2D eigenvalue weighted by Crippen LogP contribution is 2.28. The predicted octanol–water partition coefficient (Wildman–Crippen LogP) is 2.63. The minimum absolute atomic E-state index is 0.0136. The molecule has 1 aromatic carbocycles. The van der Waals surface area contributed by atoms with Crippen LogP contribution in [0.1, 0.15) is 67.6 Å². The molecule has 3 aromatic rings. The lowest BCUT2D eigenvalue weighted by molar-refractivity contribution is -0.142. The highest BCUT2D eigenvalue weighted by molar-refractivity contribution is 5.99. The summed E-state index contributed by atoms with van der Waals surface area (Å²) < 4.78 is 5.03. The number of H-pyrrole nitrogens is 1. The number of amides is 2. The maximum atomic E-state index is 13.9. The maximum absolute atomic E-state index is 13.9. The van der Waals surface area contributed by atoms with Gasteiger partial charge < -0.3 is 24.9 Å². The number of imidazole rings is 1. The van der Waals surface area contributed by atoms with Crippen LogP contribution >= 0.6 is 0 Å². The summed E-state index contributed by atoms with van der Waals surface area (Å²) in [7, 11) is 0. The average Bonchev–Trinajstić information content (AvgIpc) is 3.45. The molecule has 1 fully saturated rings. The van der Waals surface area contributed by atoms with E-state index in [1.807, 2.05) is 43.0 Å². The van der Waals surface area contributed by atoms with E-state index in [0.717, 1.165) is 30.3 Å². The van der Waals surface area contributed by atoms with Crippen LogP contribution in [0.25, 0.3) is 11.0 Å². The molecule has 3 atom stereocenters. The smallest absolute Gasteiger partial charge is 0.275 e. The van der Waals surface area contributed by atoms with Crippen molar-refractivity contribution in [3.8, 4) is 0 Å². The predicted molar refractivity (Wildman–Crippen MR) is 125 cm³/mol. The van der Waals surface area contributed by atoms with E-state index in [1.54, 1.807) is 6.92 Å². The Bertz CT molecular complexity index is 1150. The number of aryl methyl sites for hydroxylation is 1. The second-order valence-electron chi connectivity index (χ2n) is 8.88. The normalized spacial score (nSPS) is 19.3. The molecule has 2 amide bonds. The van der Waals surface area contributed by atoms with Crippen LogP contribution in [0.5, 0.6) is 0 Å². The molecule has 1 saturated heterocycles. The molecule has 0 saturated carbocycles. The number of para-hydroxylation sites is 2. The highest BCUT2D eigenvalue weighted by atomic mass is 16.5. The molecule has 3 N–H and O–H groups in total. The Labute approximate surface area is 197 Å². The van der Waals surface area contributed by atoms with Gasteiger partial charge in [-0.3, -0.25) is 14.5 Å². The Kier molecular flexibility index (Phi) is 6.78. The molecule has 2 aromatic heterocycles. The van der Waals surface area contributed by atoms with Crippen LogP contribution in [0.2, 0.25) is 0 Å². The molecule has 2 unspecified atom stereocenters. The minimum atomic E-state index is -1.58. The molecule has 10 nitrogen and oxygen atoms in total.